The van der Waals surface area contributed by atoms with Gasteiger partial charge in [-0.3, -0.25) is 14.3 Å². The van der Waals surface area contributed by atoms with Crippen molar-refractivity contribution in [1.82, 2.24) is 19.9 Å². The first-order chi connectivity index (χ1) is 15.4. The highest BCUT2D eigenvalue weighted by Gasteiger charge is 2.24. The van der Waals surface area contributed by atoms with E-state index in [0.717, 1.165) is 15.4 Å². The number of thiazole rings is 1. The second-order valence-electron chi connectivity index (χ2n) is 6.96. The number of ether oxygens (including phenoxy) is 1. The highest BCUT2D eigenvalue weighted by Crippen LogP contribution is 2.27. The summed E-state index contributed by atoms with van der Waals surface area (Å²) in [6.45, 7) is 2.70. The van der Waals surface area contributed by atoms with Gasteiger partial charge in [-0.05, 0) is 31.0 Å². The number of nitrogens with zero attached hydrogens (tertiary/aromatic N) is 4. The fourth-order valence-electron chi connectivity index (χ4n) is 2.91. The van der Waals surface area contributed by atoms with E-state index in [2.05, 4.69) is 15.3 Å². The number of aliphatic hydroxyl groups is 1. The van der Waals surface area contributed by atoms with E-state index >= 15 is 0 Å². The minimum Gasteiger partial charge on any atom is -0.457 e. The van der Waals surface area contributed by atoms with Crippen molar-refractivity contribution in [2.75, 3.05) is 25.1 Å². The van der Waals surface area contributed by atoms with Crippen LogP contribution < -0.4 is 15.0 Å². The largest absolute Gasteiger partial charge is 0.457 e. The summed E-state index contributed by atoms with van der Waals surface area (Å²) in [5, 5.41) is 13.0. The number of aldehydes is 1. The van der Waals surface area contributed by atoms with Gasteiger partial charge >= 0.3 is 6.03 Å². The van der Waals surface area contributed by atoms with E-state index in [1.54, 1.807) is 22.9 Å². The average molecular weight is 478 g/mol. The summed E-state index contributed by atoms with van der Waals surface area (Å²) >= 11 is 7.49. The number of amides is 2. The Hall–Kier alpha value is -2.95. The molecule has 170 valence electrons. The summed E-state index contributed by atoms with van der Waals surface area (Å²) in [5.41, 5.74) is 1.08. The standard InChI is InChI=1S/C21H24ClN5O4S/c1-14-10-24-18(32-14)13-31-21-25-19(26(2)20(30)23-8-3-9-28)17(12-29)27(21)11-15-4-6-16(22)7-5-15/h4-7,10,12,28H,3,8-9,11,13H2,1-2H3,(H,23,30). The van der Waals surface area contributed by atoms with Crippen molar-refractivity contribution in [3.05, 3.63) is 56.6 Å². The third-order valence-corrected chi connectivity index (χ3v) is 5.68. The number of carbonyl (C=O) groups excluding carboxylic acids is 2. The number of hydrogen-bond donors (Lipinski definition) is 2. The number of benzene rings is 1. The fraction of sp³-hybridized carbons (Fsp3) is 0.333. The molecular formula is C21H24ClN5O4S. The molecule has 0 bridgehead atoms. The van der Waals surface area contributed by atoms with Gasteiger partial charge in [0.05, 0.1) is 6.54 Å². The Morgan fingerprint density at radius 3 is 2.75 bits per heavy atom. The Labute approximate surface area is 194 Å². The van der Waals surface area contributed by atoms with Crippen LogP contribution in [0.5, 0.6) is 6.01 Å². The van der Waals surface area contributed by atoms with Crippen LogP contribution in [0.1, 0.15) is 32.4 Å². The maximum absolute atomic E-state index is 12.5. The molecule has 0 spiro atoms. The number of aromatic nitrogens is 3. The average Bonchev–Trinajstić information content (AvgIpc) is 3.36. The molecule has 2 amide bonds. The van der Waals surface area contributed by atoms with Gasteiger partial charge in [-0.2, -0.15) is 4.98 Å². The summed E-state index contributed by atoms with van der Waals surface area (Å²) in [4.78, 5) is 35.6. The molecule has 0 fully saturated rings. The van der Waals surface area contributed by atoms with Gasteiger partial charge in [-0.25, -0.2) is 9.78 Å². The molecule has 0 saturated carbocycles. The van der Waals surface area contributed by atoms with E-state index in [1.807, 2.05) is 19.1 Å². The Bertz CT molecular complexity index is 1070. The number of aliphatic hydroxyl groups excluding tert-OH is 1. The predicted octanol–water partition coefficient (Wildman–Crippen LogP) is 3.27. The van der Waals surface area contributed by atoms with Crippen molar-refractivity contribution in [3.63, 3.8) is 0 Å². The molecule has 0 aliphatic heterocycles. The van der Waals surface area contributed by atoms with Gasteiger partial charge in [-0.15, -0.1) is 11.3 Å². The monoisotopic (exact) mass is 477 g/mol. The van der Waals surface area contributed by atoms with Crippen LogP contribution in [0.2, 0.25) is 5.02 Å². The van der Waals surface area contributed by atoms with Crippen molar-refractivity contribution in [1.29, 1.82) is 0 Å². The molecule has 0 aliphatic carbocycles. The van der Waals surface area contributed by atoms with E-state index in [9.17, 15) is 9.59 Å². The third kappa shape index (κ3) is 5.84. The molecule has 2 heterocycles. The van der Waals surface area contributed by atoms with Gasteiger partial charge in [0.25, 0.3) is 6.01 Å². The fourth-order valence-corrected chi connectivity index (χ4v) is 3.74. The smallest absolute Gasteiger partial charge is 0.322 e. The molecule has 2 aromatic heterocycles. The highest BCUT2D eigenvalue weighted by atomic mass is 35.5. The minimum absolute atomic E-state index is 0.0342. The lowest BCUT2D eigenvalue weighted by atomic mass is 10.2. The molecule has 0 aliphatic rings. The maximum atomic E-state index is 12.5. The Morgan fingerprint density at radius 1 is 1.38 bits per heavy atom. The number of imidazole rings is 1. The molecule has 32 heavy (non-hydrogen) atoms. The third-order valence-electron chi connectivity index (χ3n) is 4.55. The number of halogens is 1. The lowest BCUT2D eigenvalue weighted by Crippen LogP contribution is -2.38. The molecule has 9 nitrogen and oxygen atoms in total. The Balaban J connectivity index is 1.91. The summed E-state index contributed by atoms with van der Waals surface area (Å²) < 4.78 is 7.52. The van der Waals surface area contributed by atoms with Crippen LogP contribution in [0, 0.1) is 6.92 Å². The molecule has 3 aromatic rings. The Kier molecular flexibility index (Phi) is 8.20. The first-order valence-corrected chi connectivity index (χ1v) is 11.1. The zero-order chi connectivity index (χ0) is 23.1. The van der Waals surface area contributed by atoms with Crippen LogP contribution in [0.25, 0.3) is 0 Å². The second kappa shape index (κ2) is 11.1. The van der Waals surface area contributed by atoms with Gasteiger partial charge in [-0.1, -0.05) is 23.7 Å². The number of rotatable bonds is 10. The van der Waals surface area contributed by atoms with E-state index in [1.165, 1.54) is 23.3 Å². The summed E-state index contributed by atoms with van der Waals surface area (Å²) in [6, 6.07) is 6.95. The molecule has 1 aromatic carbocycles. The van der Waals surface area contributed by atoms with Gasteiger partial charge in [0.15, 0.2) is 12.1 Å². The SMILES string of the molecule is Cc1cnc(COc2nc(N(C)C(=O)NCCCO)c(C=O)n2Cc2ccc(Cl)cc2)s1. The zero-order valence-corrected chi connectivity index (χ0v) is 19.3. The van der Waals surface area contributed by atoms with Crippen molar-refractivity contribution in [2.45, 2.75) is 26.5 Å². The normalized spacial score (nSPS) is 10.8. The molecule has 3 rings (SSSR count). The van der Waals surface area contributed by atoms with Gasteiger partial charge in [0.1, 0.15) is 17.3 Å². The topological polar surface area (TPSA) is 110 Å². The molecule has 0 atom stereocenters. The number of carbonyl (C=O) groups is 2. The van der Waals surface area contributed by atoms with Gasteiger partial charge in [0, 0.05) is 36.3 Å². The lowest BCUT2D eigenvalue weighted by molar-refractivity contribution is 0.111. The van der Waals surface area contributed by atoms with Crippen LogP contribution in [0.15, 0.2) is 30.5 Å². The van der Waals surface area contributed by atoms with Crippen LogP contribution in [-0.2, 0) is 13.2 Å². The number of aryl methyl sites for hydroxylation is 1. The van der Waals surface area contributed by atoms with Crippen LogP contribution >= 0.6 is 22.9 Å². The second-order valence-corrected chi connectivity index (χ2v) is 8.71. The van der Waals surface area contributed by atoms with E-state index in [-0.39, 0.29) is 30.7 Å². The van der Waals surface area contributed by atoms with Crippen molar-refractivity contribution in [2.24, 2.45) is 0 Å². The van der Waals surface area contributed by atoms with E-state index in [4.69, 9.17) is 21.4 Å². The maximum Gasteiger partial charge on any atom is 0.322 e. The number of anilines is 1. The molecule has 0 radical (unpaired) electrons. The van der Waals surface area contributed by atoms with Crippen molar-refractivity contribution < 1.29 is 19.4 Å². The van der Waals surface area contributed by atoms with Crippen LogP contribution in [0.3, 0.4) is 0 Å². The first-order valence-electron chi connectivity index (χ1n) is 9.89. The van der Waals surface area contributed by atoms with E-state index in [0.29, 0.717) is 30.8 Å². The number of nitrogens with one attached hydrogen (secondary N) is 1. The summed E-state index contributed by atoms with van der Waals surface area (Å²) in [7, 11) is 1.52. The first kappa shape index (κ1) is 23.7. The van der Waals surface area contributed by atoms with Crippen molar-refractivity contribution in [3.8, 4) is 6.01 Å². The molecular weight excluding hydrogens is 454 g/mol. The Morgan fingerprint density at radius 2 is 2.12 bits per heavy atom. The quantitative estimate of drug-likeness (QED) is 0.342. The molecule has 2 N–H and O–H groups in total. The molecule has 0 unspecified atom stereocenters. The minimum atomic E-state index is -0.445. The molecule has 11 heteroatoms. The van der Waals surface area contributed by atoms with Gasteiger partial charge < -0.3 is 15.2 Å². The predicted molar refractivity (Wildman–Crippen MR) is 123 cm³/mol. The summed E-state index contributed by atoms with van der Waals surface area (Å²) in [6.07, 6.45) is 2.83. The summed E-state index contributed by atoms with van der Waals surface area (Å²) in [5.74, 6) is 0.167. The number of hydrogen-bond acceptors (Lipinski definition) is 7. The van der Waals surface area contributed by atoms with Gasteiger partial charge in [0.2, 0.25) is 0 Å². The zero-order valence-electron chi connectivity index (χ0n) is 17.7. The van der Waals surface area contributed by atoms with Crippen LogP contribution in [-0.4, -0.2) is 52.2 Å². The molecule has 0 saturated heterocycles. The lowest BCUT2D eigenvalue weighted by Gasteiger charge is -2.16. The van der Waals surface area contributed by atoms with Crippen LogP contribution in [0.4, 0.5) is 10.6 Å². The van der Waals surface area contributed by atoms with Crippen molar-refractivity contribution >= 4 is 41.1 Å². The number of urea groups is 1. The highest BCUT2D eigenvalue weighted by molar-refractivity contribution is 7.11. The van der Waals surface area contributed by atoms with E-state index < -0.39 is 6.03 Å².